The molecule has 0 nitrogen and oxygen atoms in total. The largest absolute Gasteiger partial charge is 0.409 e. The SMILES string of the molecule is CCCc1ccc(-c2cc(F)c(-c3cc(F)c(C=CC(F)(F)F)c(F)c3)c(F)c2)c(F)c1. The number of allylic oxidation sites excluding steroid dienone is 1. The first kappa shape index (κ1) is 23.5. The Labute approximate surface area is 178 Å². The fourth-order valence-corrected chi connectivity index (χ4v) is 3.31. The van der Waals surface area contributed by atoms with Gasteiger partial charge in [0.05, 0.1) is 5.56 Å². The van der Waals surface area contributed by atoms with E-state index in [0.717, 1.165) is 24.1 Å². The number of halogens is 8. The van der Waals surface area contributed by atoms with Gasteiger partial charge in [-0.25, -0.2) is 22.0 Å². The predicted molar refractivity (Wildman–Crippen MR) is 106 cm³/mol. The maximum Gasteiger partial charge on any atom is 0.409 e. The van der Waals surface area contributed by atoms with E-state index in [4.69, 9.17) is 0 Å². The average Bonchev–Trinajstić information content (AvgIpc) is 2.66. The first-order valence-corrected chi connectivity index (χ1v) is 9.53. The van der Waals surface area contributed by atoms with Gasteiger partial charge in [0.25, 0.3) is 0 Å². The molecule has 0 aromatic heterocycles. The molecule has 0 amide bonds. The molecule has 168 valence electrons. The Morgan fingerprint density at radius 1 is 0.719 bits per heavy atom. The minimum atomic E-state index is -4.80. The zero-order valence-corrected chi connectivity index (χ0v) is 16.6. The van der Waals surface area contributed by atoms with Crippen molar-refractivity contribution in [1.29, 1.82) is 0 Å². The predicted octanol–water partition coefficient (Wildman–Crippen LogP) is 8.24. The van der Waals surface area contributed by atoms with E-state index in [0.29, 0.717) is 18.6 Å². The van der Waals surface area contributed by atoms with Gasteiger partial charge in [0, 0.05) is 17.2 Å². The third kappa shape index (κ3) is 5.18. The van der Waals surface area contributed by atoms with Crippen LogP contribution in [0.2, 0.25) is 0 Å². The molecule has 0 radical (unpaired) electrons. The molecular formula is C24H16F8. The molecule has 0 aliphatic heterocycles. The summed E-state index contributed by atoms with van der Waals surface area (Å²) in [7, 11) is 0. The molecule has 0 heterocycles. The van der Waals surface area contributed by atoms with Gasteiger partial charge < -0.3 is 0 Å². The lowest BCUT2D eigenvalue weighted by molar-refractivity contribution is -0.0790. The average molecular weight is 456 g/mol. The van der Waals surface area contributed by atoms with Crippen LogP contribution >= 0.6 is 0 Å². The summed E-state index contributed by atoms with van der Waals surface area (Å²) in [6, 6.07) is 6.98. The third-order valence-electron chi connectivity index (χ3n) is 4.73. The second-order valence-electron chi connectivity index (χ2n) is 7.11. The van der Waals surface area contributed by atoms with Gasteiger partial charge in [-0.3, -0.25) is 0 Å². The molecule has 0 saturated carbocycles. The van der Waals surface area contributed by atoms with Crippen LogP contribution in [0.25, 0.3) is 28.3 Å². The molecule has 0 spiro atoms. The molecule has 0 aliphatic rings. The molecule has 3 aromatic rings. The molecule has 32 heavy (non-hydrogen) atoms. The normalized spacial score (nSPS) is 12.0. The van der Waals surface area contributed by atoms with Crippen LogP contribution < -0.4 is 0 Å². The van der Waals surface area contributed by atoms with Gasteiger partial charge in [-0.15, -0.1) is 0 Å². The highest BCUT2D eigenvalue weighted by Gasteiger charge is 2.23. The van der Waals surface area contributed by atoms with Crippen LogP contribution in [-0.2, 0) is 6.42 Å². The number of alkyl halides is 3. The van der Waals surface area contributed by atoms with Crippen molar-refractivity contribution in [3.8, 4) is 22.3 Å². The molecule has 0 bridgehead atoms. The molecule has 8 heteroatoms. The van der Waals surface area contributed by atoms with E-state index in [-0.39, 0.29) is 23.3 Å². The second kappa shape index (κ2) is 9.14. The van der Waals surface area contributed by atoms with Crippen LogP contribution in [-0.4, -0.2) is 6.18 Å². The Hall–Kier alpha value is -3.16. The standard InChI is InChI=1S/C24H16F8/c1-2-3-13-4-5-16(18(25)8-13)14-9-21(28)23(22(29)10-14)15-11-19(26)17(20(27)12-15)6-7-24(30,31)32/h4-12H,2-3H2,1H3. The van der Waals surface area contributed by atoms with Crippen LogP contribution in [0.1, 0.15) is 24.5 Å². The van der Waals surface area contributed by atoms with E-state index in [2.05, 4.69) is 0 Å². The fraction of sp³-hybridized carbons (Fsp3) is 0.167. The summed E-state index contributed by atoms with van der Waals surface area (Å²) >= 11 is 0. The first-order chi connectivity index (χ1) is 15.0. The molecular weight excluding hydrogens is 440 g/mol. The van der Waals surface area contributed by atoms with E-state index in [9.17, 15) is 35.1 Å². The Kier molecular flexibility index (Phi) is 6.71. The summed E-state index contributed by atoms with van der Waals surface area (Å²) in [5.74, 6) is -5.97. The summed E-state index contributed by atoms with van der Waals surface area (Å²) in [6.07, 6.45) is -3.55. The van der Waals surface area contributed by atoms with Crippen molar-refractivity contribution in [1.82, 2.24) is 0 Å². The zero-order chi connectivity index (χ0) is 23.6. The van der Waals surface area contributed by atoms with Crippen molar-refractivity contribution >= 4 is 6.08 Å². The number of benzene rings is 3. The van der Waals surface area contributed by atoms with E-state index in [1.807, 2.05) is 6.92 Å². The molecule has 0 unspecified atom stereocenters. The van der Waals surface area contributed by atoms with Gasteiger partial charge in [0.1, 0.15) is 29.1 Å². The highest BCUT2D eigenvalue weighted by molar-refractivity contribution is 5.73. The van der Waals surface area contributed by atoms with Crippen molar-refractivity contribution in [3.63, 3.8) is 0 Å². The number of aryl methyl sites for hydroxylation is 1. The molecule has 0 atom stereocenters. The summed E-state index contributed by atoms with van der Waals surface area (Å²) in [5.41, 5.74) is -1.80. The minimum Gasteiger partial charge on any atom is -0.206 e. The highest BCUT2D eigenvalue weighted by Crippen LogP contribution is 2.34. The number of hydrogen-bond donors (Lipinski definition) is 0. The minimum absolute atomic E-state index is 0.0563. The van der Waals surface area contributed by atoms with Crippen molar-refractivity contribution in [2.24, 2.45) is 0 Å². The first-order valence-electron chi connectivity index (χ1n) is 9.53. The maximum absolute atomic E-state index is 14.7. The van der Waals surface area contributed by atoms with Crippen LogP contribution in [0.15, 0.2) is 48.5 Å². The fourth-order valence-electron chi connectivity index (χ4n) is 3.31. The molecule has 3 aromatic carbocycles. The Balaban J connectivity index is 2.03. The van der Waals surface area contributed by atoms with Gasteiger partial charge in [0.2, 0.25) is 0 Å². The summed E-state index contributed by atoms with van der Waals surface area (Å²) in [6.45, 7) is 1.92. The van der Waals surface area contributed by atoms with Crippen molar-refractivity contribution in [2.45, 2.75) is 25.9 Å². The van der Waals surface area contributed by atoms with Gasteiger partial charge in [-0.1, -0.05) is 25.5 Å². The smallest absolute Gasteiger partial charge is 0.206 e. The molecule has 0 aliphatic carbocycles. The van der Waals surface area contributed by atoms with Crippen molar-refractivity contribution in [2.75, 3.05) is 0 Å². The molecule has 0 fully saturated rings. The Bertz CT molecular complexity index is 1130. The van der Waals surface area contributed by atoms with Crippen LogP contribution in [0, 0.1) is 29.1 Å². The maximum atomic E-state index is 14.7. The Morgan fingerprint density at radius 3 is 1.78 bits per heavy atom. The molecule has 0 saturated heterocycles. The third-order valence-corrected chi connectivity index (χ3v) is 4.73. The monoisotopic (exact) mass is 456 g/mol. The Morgan fingerprint density at radius 2 is 1.28 bits per heavy atom. The highest BCUT2D eigenvalue weighted by atomic mass is 19.4. The second-order valence-corrected chi connectivity index (χ2v) is 7.11. The van der Waals surface area contributed by atoms with E-state index in [1.54, 1.807) is 6.07 Å². The van der Waals surface area contributed by atoms with Gasteiger partial charge in [-0.05, 0) is 59.5 Å². The number of hydrogen-bond acceptors (Lipinski definition) is 0. The molecule has 0 N–H and O–H groups in total. The quantitative estimate of drug-likeness (QED) is 0.339. The zero-order valence-electron chi connectivity index (χ0n) is 16.6. The lowest BCUT2D eigenvalue weighted by atomic mass is 9.96. The number of rotatable bonds is 5. The summed E-state index contributed by atoms with van der Waals surface area (Å²) in [4.78, 5) is 0. The van der Waals surface area contributed by atoms with Crippen LogP contribution in [0.4, 0.5) is 35.1 Å². The van der Waals surface area contributed by atoms with E-state index < -0.39 is 52.0 Å². The van der Waals surface area contributed by atoms with Gasteiger partial charge >= 0.3 is 6.18 Å². The van der Waals surface area contributed by atoms with Crippen LogP contribution in [0.5, 0.6) is 0 Å². The van der Waals surface area contributed by atoms with Crippen molar-refractivity contribution < 1.29 is 35.1 Å². The summed E-state index contributed by atoms with van der Waals surface area (Å²) < 4.78 is 109. The van der Waals surface area contributed by atoms with E-state index in [1.165, 1.54) is 12.1 Å². The van der Waals surface area contributed by atoms with Gasteiger partial charge in [0.15, 0.2) is 0 Å². The molecule has 3 rings (SSSR count). The van der Waals surface area contributed by atoms with E-state index >= 15 is 0 Å². The van der Waals surface area contributed by atoms with Gasteiger partial charge in [-0.2, -0.15) is 13.2 Å². The van der Waals surface area contributed by atoms with Crippen molar-refractivity contribution in [3.05, 3.63) is 88.8 Å². The van der Waals surface area contributed by atoms with Crippen LogP contribution in [0.3, 0.4) is 0 Å². The topological polar surface area (TPSA) is 0 Å². The lowest BCUT2D eigenvalue weighted by Gasteiger charge is -2.12. The summed E-state index contributed by atoms with van der Waals surface area (Å²) in [5, 5.41) is 0. The lowest BCUT2D eigenvalue weighted by Crippen LogP contribution is -2.01.